The molecule has 4 heteroatoms. The van der Waals surface area contributed by atoms with Gasteiger partial charge in [-0.1, -0.05) is 182 Å². The smallest absolute Gasteiger partial charge is 0.169 e. The first-order valence-electron chi connectivity index (χ1n) is 19.3. The second kappa shape index (κ2) is 13.6. The van der Waals surface area contributed by atoms with Crippen molar-refractivity contribution in [3.8, 4) is 33.4 Å². The molecule has 2 heterocycles. The van der Waals surface area contributed by atoms with Gasteiger partial charge in [-0.25, -0.2) is 9.98 Å². The molecule has 9 aromatic carbocycles. The van der Waals surface area contributed by atoms with Crippen LogP contribution in [-0.2, 0) is 0 Å². The molecular formula is C53H35N3O. The minimum Gasteiger partial charge on any atom is -0.455 e. The van der Waals surface area contributed by atoms with Crippen LogP contribution in [0.4, 0.5) is 0 Å². The van der Waals surface area contributed by atoms with Crippen molar-refractivity contribution in [3.05, 3.63) is 217 Å². The highest BCUT2D eigenvalue weighted by Crippen LogP contribution is 2.44. The van der Waals surface area contributed by atoms with Gasteiger partial charge in [-0.3, -0.25) is 0 Å². The Morgan fingerprint density at radius 3 is 1.67 bits per heavy atom. The van der Waals surface area contributed by atoms with Crippen molar-refractivity contribution in [2.75, 3.05) is 0 Å². The van der Waals surface area contributed by atoms with E-state index >= 15 is 0 Å². The molecule has 268 valence electrons. The van der Waals surface area contributed by atoms with Crippen LogP contribution in [0, 0.1) is 0 Å². The number of aliphatic imine (C=N–C) groups is 2. The van der Waals surface area contributed by atoms with E-state index in [9.17, 15) is 0 Å². The Kier molecular flexibility index (Phi) is 7.85. The number of fused-ring (bicyclic) bond motifs is 5. The number of furan rings is 1. The molecule has 0 fully saturated rings. The highest BCUT2D eigenvalue weighted by Gasteiger charge is 2.23. The molecule has 10 aromatic rings. The Hall–Kier alpha value is -7.56. The second-order valence-electron chi connectivity index (χ2n) is 14.6. The fourth-order valence-corrected chi connectivity index (χ4v) is 8.25. The quantitative estimate of drug-likeness (QED) is 0.185. The maximum Gasteiger partial charge on any atom is 0.169 e. The van der Waals surface area contributed by atoms with Gasteiger partial charge in [-0.05, 0) is 73.1 Å². The van der Waals surface area contributed by atoms with Gasteiger partial charge < -0.3 is 9.73 Å². The zero-order valence-corrected chi connectivity index (χ0v) is 30.9. The second-order valence-corrected chi connectivity index (χ2v) is 14.6. The van der Waals surface area contributed by atoms with Crippen LogP contribution in [0.5, 0.6) is 0 Å². The number of nitrogens with one attached hydrogen (secondary N) is 1. The topological polar surface area (TPSA) is 49.9 Å². The van der Waals surface area contributed by atoms with Gasteiger partial charge in [-0.15, -0.1) is 0 Å². The third-order valence-corrected chi connectivity index (χ3v) is 11.1. The fourth-order valence-electron chi connectivity index (χ4n) is 8.25. The van der Waals surface area contributed by atoms with E-state index < -0.39 is 6.17 Å². The summed E-state index contributed by atoms with van der Waals surface area (Å²) in [6.45, 7) is 0. The molecule has 0 saturated carbocycles. The average molecular weight is 730 g/mol. The summed E-state index contributed by atoms with van der Waals surface area (Å²) < 4.78 is 6.87. The van der Waals surface area contributed by atoms with Gasteiger partial charge in [0.05, 0.1) is 0 Å². The minimum absolute atomic E-state index is 0.422. The lowest BCUT2D eigenvalue weighted by atomic mass is 9.92. The van der Waals surface area contributed by atoms with Crippen LogP contribution in [-0.4, -0.2) is 11.7 Å². The van der Waals surface area contributed by atoms with E-state index in [0.717, 1.165) is 83.5 Å². The van der Waals surface area contributed by atoms with E-state index in [2.05, 4.69) is 181 Å². The van der Waals surface area contributed by atoms with Crippen molar-refractivity contribution in [3.63, 3.8) is 0 Å². The molecule has 11 rings (SSSR count). The van der Waals surface area contributed by atoms with Crippen molar-refractivity contribution in [1.29, 1.82) is 0 Å². The third-order valence-electron chi connectivity index (χ3n) is 11.1. The van der Waals surface area contributed by atoms with Gasteiger partial charge in [0.25, 0.3) is 0 Å². The summed E-state index contributed by atoms with van der Waals surface area (Å²) in [6, 6.07) is 70.5. The van der Waals surface area contributed by atoms with Gasteiger partial charge >= 0.3 is 0 Å². The highest BCUT2D eigenvalue weighted by molar-refractivity contribution is 6.20. The maximum absolute atomic E-state index is 6.87. The molecule has 0 bridgehead atoms. The SMILES string of the molecule is c1ccc(C2=NC(c3ccc(-c4ccc(-c5cccc6ccccc56)c5oc6cc7ccccc7cc6c45)cc3)N=C(c3ccc(-c4ccccc4)cc3)N2)cc1. The van der Waals surface area contributed by atoms with Crippen LogP contribution in [0.1, 0.15) is 22.9 Å². The molecule has 1 N–H and O–H groups in total. The summed E-state index contributed by atoms with van der Waals surface area (Å²) in [6.07, 6.45) is -0.422. The van der Waals surface area contributed by atoms with Crippen LogP contribution in [0.25, 0.3) is 76.9 Å². The number of rotatable bonds is 6. The van der Waals surface area contributed by atoms with E-state index in [4.69, 9.17) is 14.4 Å². The number of amidine groups is 2. The van der Waals surface area contributed by atoms with Gasteiger partial charge in [0.15, 0.2) is 6.17 Å². The predicted molar refractivity (Wildman–Crippen MR) is 237 cm³/mol. The van der Waals surface area contributed by atoms with Crippen molar-refractivity contribution >= 4 is 55.2 Å². The zero-order chi connectivity index (χ0) is 37.7. The van der Waals surface area contributed by atoms with Crippen LogP contribution in [0.2, 0.25) is 0 Å². The first-order valence-corrected chi connectivity index (χ1v) is 19.3. The lowest BCUT2D eigenvalue weighted by Crippen LogP contribution is -2.36. The van der Waals surface area contributed by atoms with Crippen molar-refractivity contribution in [2.24, 2.45) is 9.98 Å². The Labute approximate surface area is 330 Å². The molecule has 0 aliphatic carbocycles. The number of nitrogens with zero attached hydrogens (tertiary/aromatic N) is 2. The van der Waals surface area contributed by atoms with E-state index in [1.165, 1.54) is 21.7 Å². The number of hydrogen-bond donors (Lipinski definition) is 1. The fraction of sp³-hybridized carbons (Fsp3) is 0.0189. The summed E-state index contributed by atoms with van der Waals surface area (Å²) >= 11 is 0. The van der Waals surface area contributed by atoms with Gasteiger partial charge in [0.2, 0.25) is 0 Å². The standard InChI is InChI=1S/C53H35N3O/c1-3-12-34(13-4-1)35-22-26-39(27-23-35)52-54-51(38-15-5-2-6-16-38)55-53(56-52)40-28-24-37(25-29-40)44-30-31-46(45-21-11-19-36-14-9-10-20-43(36)45)50-49(44)47-32-41-17-7-8-18-42(41)33-48(47)57-50/h1-33,53H,(H,54,55,56). The van der Waals surface area contributed by atoms with Crippen LogP contribution < -0.4 is 5.32 Å². The Bertz CT molecular complexity index is 3170. The number of benzene rings is 9. The molecule has 1 aliphatic rings. The predicted octanol–water partition coefficient (Wildman–Crippen LogP) is 13.4. The summed E-state index contributed by atoms with van der Waals surface area (Å²) in [4.78, 5) is 10.3. The summed E-state index contributed by atoms with van der Waals surface area (Å²) in [5.41, 5.74) is 11.6. The lowest BCUT2D eigenvalue weighted by Gasteiger charge is -2.22. The molecule has 57 heavy (non-hydrogen) atoms. The van der Waals surface area contributed by atoms with Gasteiger partial charge in [0, 0.05) is 27.5 Å². The van der Waals surface area contributed by atoms with E-state index in [0.29, 0.717) is 0 Å². The zero-order valence-electron chi connectivity index (χ0n) is 30.9. The van der Waals surface area contributed by atoms with E-state index in [1.54, 1.807) is 0 Å². The minimum atomic E-state index is -0.422. The van der Waals surface area contributed by atoms with Crippen molar-refractivity contribution in [2.45, 2.75) is 6.17 Å². The van der Waals surface area contributed by atoms with Gasteiger partial charge in [-0.2, -0.15) is 0 Å². The van der Waals surface area contributed by atoms with Crippen LogP contribution >= 0.6 is 0 Å². The molecule has 1 unspecified atom stereocenters. The average Bonchev–Trinajstić information content (AvgIpc) is 3.66. The lowest BCUT2D eigenvalue weighted by molar-refractivity contribution is 0.670. The Balaban J connectivity index is 1.02. The van der Waals surface area contributed by atoms with Gasteiger partial charge in [0.1, 0.15) is 22.8 Å². The highest BCUT2D eigenvalue weighted by atomic mass is 16.3. The largest absolute Gasteiger partial charge is 0.455 e. The molecule has 1 aromatic heterocycles. The van der Waals surface area contributed by atoms with E-state index in [1.807, 2.05) is 24.3 Å². The molecule has 1 atom stereocenters. The van der Waals surface area contributed by atoms with Crippen LogP contribution in [0.15, 0.2) is 215 Å². The Morgan fingerprint density at radius 2 is 0.930 bits per heavy atom. The number of hydrogen-bond acceptors (Lipinski definition) is 4. The molecule has 4 nitrogen and oxygen atoms in total. The Morgan fingerprint density at radius 1 is 0.386 bits per heavy atom. The maximum atomic E-state index is 6.87. The molecule has 0 spiro atoms. The van der Waals surface area contributed by atoms with Crippen LogP contribution in [0.3, 0.4) is 0 Å². The van der Waals surface area contributed by atoms with Crippen molar-refractivity contribution < 1.29 is 4.42 Å². The normalized spacial score (nSPS) is 14.1. The summed E-state index contributed by atoms with van der Waals surface area (Å²) in [7, 11) is 0. The third kappa shape index (κ3) is 5.87. The molecular weight excluding hydrogens is 695 g/mol. The molecule has 1 aliphatic heterocycles. The van der Waals surface area contributed by atoms with Crippen molar-refractivity contribution in [1.82, 2.24) is 5.32 Å². The summed E-state index contributed by atoms with van der Waals surface area (Å²) in [5, 5.41) is 10.5. The molecule has 0 radical (unpaired) electrons. The molecule has 0 saturated heterocycles. The van der Waals surface area contributed by atoms with E-state index in [-0.39, 0.29) is 0 Å². The first kappa shape index (κ1) is 32.8. The molecule has 0 amide bonds. The first-order chi connectivity index (χ1) is 28.2. The monoisotopic (exact) mass is 729 g/mol. The summed E-state index contributed by atoms with van der Waals surface area (Å²) in [5.74, 6) is 1.59.